The van der Waals surface area contributed by atoms with Gasteiger partial charge in [-0.05, 0) is 18.8 Å². The first kappa shape index (κ1) is 13.5. The molecule has 0 radical (unpaired) electrons. The number of hydrogen-bond donors (Lipinski definition) is 0. The van der Waals surface area contributed by atoms with Crippen molar-refractivity contribution in [2.24, 2.45) is 11.1 Å². The van der Waals surface area contributed by atoms with Crippen LogP contribution in [0.1, 0.15) is 32.1 Å². The third-order valence-electron chi connectivity index (χ3n) is 2.27. The predicted molar refractivity (Wildman–Crippen MR) is 46.0 cm³/mol. The fraction of sp³-hybridized carbons (Fsp3) is 0.778. The number of carbonyl (C=O) groups excluding carboxylic acids is 1. The number of oxime groups is 1. The van der Waals surface area contributed by atoms with Gasteiger partial charge in [-0.25, -0.2) is 0 Å². The van der Waals surface area contributed by atoms with Crippen molar-refractivity contribution in [1.29, 1.82) is 0 Å². The third kappa shape index (κ3) is 6.06. The number of hydrogen-bond acceptors (Lipinski definition) is 4. The summed E-state index contributed by atoms with van der Waals surface area (Å²) < 4.78 is 0. The van der Waals surface area contributed by atoms with Crippen molar-refractivity contribution < 1.29 is 33.6 Å². The molecule has 0 atom stereocenters. The molecule has 1 fully saturated rings. The van der Waals surface area contributed by atoms with Crippen LogP contribution < -0.4 is 24.0 Å². The topological polar surface area (TPSA) is 61.7 Å². The molecule has 14 heavy (non-hydrogen) atoms. The maximum Gasteiger partial charge on any atom is 1.00 e. The molecule has 0 amide bonds. The van der Waals surface area contributed by atoms with E-state index in [1.807, 2.05) is 0 Å². The van der Waals surface area contributed by atoms with Gasteiger partial charge in [-0.1, -0.05) is 24.4 Å². The molecule has 0 spiro atoms. The molecule has 0 heterocycles. The average Bonchev–Trinajstić information content (AvgIpc) is 2.14. The minimum Gasteiger partial charge on any atom is -0.544 e. The van der Waals surface area contributed by atoms with Gasteiger partial charge in [-0.3, -0.25) is 0 Å². The van der Waals surface area contributed by atoms with Crippen LogP contribution in [0.25, 0.3) is 0 Å². The quantitative estimate of drug-likeness (QED) is 0.276. The summed E-state index contributed by atoms with van der Waals surface area (Å²) >= 11 is 0. The van der Waals surface area contributed by atoms with Crippen LogP contribution in [0.15, 0.2) is 5.16 Å². The van der Waals surface area contributed by atoms with Crippen LogP contribution in [0.4, 0.5) is 0 Å². The molecule has 4 nitrogen and oxygen atoms in total. The number of rotatable bonds is 4. The van der Waals surface area contributed by atoms with Crippen LogP contribution in [0, 0.1) is 5.92 Å². The van der Waals surface area contributed by atoms with E-state index >= 15 is 0 Å². The first-order valence-corrected chi connectivity index (χ1v) is 4.65. The Morgan fingerprint density at radius 1 is 1.43 bits per heavy atom. The molecule has 0 saturated heterocycles. The molecule has 0 bridgehead atoms. The van der Waals surface area contributed by atoms with Crippen molar-refractivity contribution in [3.8, 4) is 0 Å². The van der Waals surface area contributed by atoms with E-state index in [1.54, 1.807) is 0 Å². The van der Waals surface area contributed by atoms with Crippen molar-refractivity contribution in [1.82, 2.24) is 0 Å². The number of aliphatic carboxylic acids is 1. The van der Waals surface area contributed by atoms with Crippen LogP contribution in [0.2, 0.25) is 0 Å². The molecule has 1 saturated carbocycles. The summed E-state index contributed by atoms with van der Waals surface area (Å²) in [6, 6.07) is 0. The van der Waals surface area contributed by atoms with Crippen LogP contribution in [0.5, 0.6) is 0 Å². The molecule has 74 valence electrons. The molecule has 1 aliphatic carbocycles. The standard InChI is InChI=1S/C9H15NO3.Li/c11-9(12)6-10-13-7-8-4-2-1-3-5-8;/h6,8H,1-5,7H2,(H,11,12);/q;+1/p-1. The molecular weight excluding hydrogens is 177 g/mol. The Kier molecular flexibility index (Phi) is 7.64. The van der Waals surface area contributed by atoms with Gasteiger partial charge in [0.1, 0.15) is 6.61 Å². The zero-order valence-electron chi connectivity index (χ0n) is 8.57. The number of nitrogens with zero attached hydrogens (tertiary/aromatic N) is 1. The maximum atomic E-state index is 9.91. The van der Waals surface area contributed by atoms with Crippen LogP contribution in [0.3, 0.4) is 0 Å². The van der Waals surface area contributed by atoms with Gasteiger partial charge < -0.3 is 14.7 Å². The zero-order valence-corrected chi connectivity index (χ0v) is 8.57. The van der Waals surface area contributed by atoms with E-state index in [2.05, 4.69) is 5.16 Å². The first-order valence-electron chi connectivity index (χ1n) is 4.65. The molecule has 0 aromatic heterocycles. The van der Waals surface area contributed by atoms with E-state index in [1.165, 1.54) is 32.1 Å². The van der Waals surface area contributed by atoms with E-state index in [4.69, 9.17) is 4.84 Å². The van der Waals surface area contributed by atoms with Gasteiger partial charge in [-0.2, -0.15) is 0 Å². The molecule has 0 aliphatic heterocycles. The van der Waals surface area contributed by atoms with Crippen molar-refractivity contribution >= 4 is 12.2 Å². The van der Waals surface area contributed by atoms with Gasteiger partial charge in [0.05, 0.1) is 12.2 Å². The normalized spacial score (nSPS) is 17.7. The molecule has 0 aromatic carbocycles. The largest absolute Gasteiger partial charge is 1.00 e. The molecular formula is C9H14LiNO3. The van der Waals surface area contributed by atoms with Gasteiger partial charge in [0.25, 0.3) is 0 Å². The first-order chi connectivity index (χ1) is 6.29. The summed E-state index contributed by atoms with van der Waals surface area (Å²) in [6.45, 7) is 0.532. The maximum absolute atomic E-state index is 9.91. The van der Waals surface area contributed by atoms with Gasteiger partial charge in [0.2, 0.25) is 0 Å². The van der Waals surface area contributed by atoms with Crippen LogP contribution >= 0.6 is 0 Å². The molecule has 0 unspecified atom stereocenters. The minimum atomic E-state index is -1.32. The fourth-order valence-corrected chi connectivity index (χ4v) is 1.58. The summed E-state index contributed by atoms with van der Waals surface area (Å²) in [5.41, 5.74) is 0. The Bertz CT molecular complexity index is 190. The SMILES string of the molecule is O=C([O-])C=NOCC1CCCCC1.[Li+]. The van der Waals surface area contributed by atoms with Crippen molar-refractivity contribution in [2.75, 3.05) is 6.61 Å². The van der Waals surface area contributed by atoms with Crippen molar-refractivity contribution in [2.45, 2.75) is 32.1 Å². The monoisotopic (exact) mass is 191 g/mol. The summed E-state index contributed by atoms with van der Waals surface area (Å²) in [5.74, 6) is -0.767. The molecule has 0 aromatic rings. The van der Waals surface area contributed by atoms with E-state index in [0.717, 1.165) is 0 Å². The van der Waals surface area contributed by atoms with Crippen LogP contribution in [-0.2, 0) is 9.63 Å². The number of carboxylic acids is 1. The second-order valence-corrected chi connectivity index (χ2v) is 3.35. The Morgan fingerprint density at radius 3 is 2.64 bits per heavy atom. The van der Waals surface area contributed by atoms with Crippen molar-refractivity contribution in [3.63, 3.8) is 0 Å². The molecule has 5 heteroatoms. The Balaban J connectivity index is 0.00000169. The molecule has 1 rings (SSSR count). The Morgan fingerprint density at radius 2 is 2.07 bits per heavy atom. The Labute approximate surface area is 95.9 Å². The summed E-state index contributed by atoms with van der Waals surface area (Å²) in [4.78, 5) is 14.7. The average molecular weight is 191 g/mol. The van der Waals surface area contributed by atoms with Gasteiger partial charge in [-0.15, -0.1) is 0 Å². The van der Waals surface area contributed by atoms with E-state index in [-0.39, 0.29) is 18.9 Å². The minimum absolute atomic E-state index is 0. The second-order valence-electron chi connectivity index (χ2n) is 3.35. The Hall–Kier alpha value is -0.463. The van der Waals surface area contributed by atoms with Gasteiger partial charge in [0.15, 0.2) is 0 Å². The zero-order chi connectivity index (χ0) is 9.52. The summed E-state index contributed by atoms with van der Waals surface area (Å²) in [5, 5.41) is 13.2. The predicted octanol–water partition coefficient (Wildman–Crippen LogP) is -2.68. The molecule has 0 N–H and O–H groups in total. The van der Waals surface area contributed by atoms with Gasteiger partial charge >= 0.3 is 18.9 Å². The smallest absolute Gasteiger partial charge is 0.544 e. The number of carboxylic acid groups (broad SMARTS) is 1. The summed E-state index contributed by atoms with van der Waals surface area (Å²) in [7, 11) is 0. The van der Waals surface area contributed by atoms with Crippen LogP contribution in [-0.4, -0.2) is 18.8 Å². The second kappa shape index (κ2) is 7.90. The third-order valence-corrected chi connectivity index (χ3v) is 2.27. The summed E-state index contributed by atoms with van der Waals surface area (Å²) in [6.07, 6.45) is 6.81. The van der Waals surface area contributed by atoms with Crippen molar-refractivity contribution in [3.05, 3.63) is 0 Å². The van der Waals surface area contributed by atoms with E-state index < -0.39 is 5.97 Å². The number of carbonyl (C=O) groups is 1. The fourth-order valence-electron chi connectivity index (χ4n) is 1.58. The van der Waals surface area contributed by atoms with E-state index in [9.17, 15) is 9.90 Å². The van der Waals surface area contributed by atoms with Gasteiger partial charge in [0, 0.05) is 0 Å². The van der Waals surface area contributed by atoms with E-state index in [0.29, 0.717) is 18.7 Å². The molecule has 1 aliphatic rings.